The van der Waals surface area contributed by atoms with Gasteiger partial charge in [0.15, 0.2) is 0 Å². The average Bonchev–Trinajstić information content (AvgIpc) is 4.30. The van der Waals surface area contributed by atoms with E-state index in [2.05, 4.69) is 265 Å². The molecule has 0 spiro atoms. The third-order valence-electron chi connectivity index (χ3n) is 15.7. The lowest BCUT2D eigenvalue weighted by atomic mass is 10.0. The lowest BCUT2D eigenvalue weighted by molar-refractivity contribution is 1.03. The van der Waals surface area contributed by atoms with E-state index in [9.17, 15) is 11.8 Å². The smallest absolute Gasteiger partial charge is 0.237 e. The summed E-state index contributed by atoms with van der Waals surface area (Å²) in [5.74, 6) is 0. The molecule has 16 aromatic rings. The van der Waals surface area contributed by atoms with E-state index in [0.29, 0.717) is 28.3 Å². The third kappa shape index (κ3) is 5.40. The Bertz CT molecular complexity index is 4900. The molecule has 0 N–H and O–H groups in total. The van der Waals surface area contributed by atoms with Crippen molar-refractivity contribution in [2.45, 2.75) is 0 Å². The minimum Gasteiger partial charge on any atom is -0.317 e. The quantitative estimate of drug-likeness (QED) is 0.159. The molecule has 16 rings (SSSR count). The maximum atomic E-state index is 12.7. The highest BCUT2D eigenvalue weighted by molar-refractivity contribution is 6.27. The molecule has 11 aromatic carbocycles. The molecule has 0 aliphatic heterocycles. The summed E-state index contributed by atoms with van der Waals surface area (Å²) < 4.78 is 11.6. The van der Waals surface area contributed by atoms with Crippen molar-refractivity contribution in [3.8, 4) is 34.5 Å². The number of fused-ring (bicyclic) bond motifs is 16. The van der Waals surface area contributed by atoms with Crippen LogP contribution in [0.15, 0.2) is 237 Å². The van der Waals surface area contributed by atoms with Crippen molar-refractivity contribution in [1.29, 1.82) is 5.26 Å². The zero-order valence-corrected chi connectivity index (χ0v) is 40.1. The van der Waals surface area contributed by atoms with Crippen molar-refractivity contribution in [2.24, 2.45) is 0 Å². The molecule has 0 unspecified atom stereocenters. The van der Waals surface area contributed by atoms with Gasteiger partial charge in [-0.25, -0.2) is 4.85 Å². The molecule has 7 nitrogen and oxygen atoms in total. The summed E-state index contributed by atoms with van der Waals surface area (Å²) in [6.45, 7) is 9.87. The van der Waals surface area contributed by atoms with Crippen LogP contribution in [0.25, 0.3) is 142 Å². The molecule has 5 aromatic heterocycles. The molecule has 75 heavy (non-hydrogen) atoms. The molecule has 0 atom stereocenters. The topological polar surface area (TPSA) is 52.8 Å². The first kappa shape index (κ1) is 41.1. The Labute approximate surface area is 428 Å². The van der Waals surface area contributed by atoms with E-state index in [1.54, 1.807) is 0 Å². The van der Waals surface area contributed by atoms with E-state index >= 15 is 0 Å². The maximum absolute atomic E-state index is 12.7. The van der Waals surface area contributed by atoms with Crippen LogP contribution in [0.5, 0.6) is 0 Å². The second-order valence-corrected chi connectivity index (χ2v) is 19.3. The van der Waals surface area contributed by atoms with Gasteiger partial charge in [0.05, 0.1) is 90.1 Å². The van der Waals surface area contributed by atoms with Crippen molar-refractivity contribution in [3.63, 3.8) is 0 Å². The molecule has 346 valence electrons. The van der Waals surface area contributed by atoms with E-state index in [1.165, 1.54) is 0 Å². The first-order valence-corrected chi connectivity index (χ1v) is 25.2. The summed E-state index contributed by atoms with van der Waals surface area (Å²) in [5, 5.41) is 23.2. The number of aromatic nitrogens is 5. The summed E-state index contributed by atoms with van der Waals surface area (Å²) in [5.41, 5.74) is 14.0. The zero-order chi connectivity index (χ0) is 49.5. The summed E-state index contributed by atoms with van der Waals surface area (Å²) in [6, 6.07) is 86.1. The summed E-state index contributed by atoms with van der Waals surface area (Å²) >= 11 is 0. The molecule has 0 aliphatic rings. The van der Waals surface area contributed by atoms with Crippen molar-refractivity contribution in [2.75, 3.05) is 0 Å². The minimum absolute atomic E-state index is 0.353. The molecular weight excluding hydrogens is 915 g/mol. The van der Waals surface area contributed by atoms with Gasteiger partial charge in [-0.1, -0.05) is 170 Å². The standard InChI is InChI=1S/C68H39N7/c1-70-63-65(75-59-37-19-11-29-49(59)50-39-40-61-62(64(50)75)51-30-12-20-38-60(51)71(61)42-21-3-2-4-22-42)52(41-69)66(72-53-31-13-5-23-43(53)44-24-6-14-32-54(44)72)68(74-57-35-17-9-27-47(57)48-28-10-18-36-58(48)74)67(63)73-55-33-15-7-25-45(55)46-26-8-16-34-56(46)73/h2-40H. The fraction of sp³-hybridized carbons (Fsp3) is 0. The van der Waals surface area contributed by atoms with Crippen LogP contribution in [0.4, 0.5) is 5.69 Å². The number of benzene rings is 11. The zero-order valence-electron chi connectivity index (χ0n) is 40.1. The Morgan fingerprint density at radius 3 is 1.07 bits per heavy atom. The lowest BCUT2D eigenvalue weighted by Gasteiger charge is -2.27. The second-order valence-electron chi connectivity index (χ2n) is 19.3. The van der Waals surface area contributed by atoms with Gasteiger partial charge in [0, 0.05) is 59.5 Å². The van der Waals surface area contributed by atoms with Crippen LogP contribution < -0.4 is 0 Å². The first-order valence-electron chi connectivity index (χ1n) is 25.2. The Kier molecular flexibility index (Phi) is 8.46. The Balaban J connectivity index is 1.24. The van der Waals surface area contributed by atoms with Gasteiger partial charge in [-0.2, -0.15) is 5.26 Å². The fourth-order valence-corrected chi connectivity index (χ4v) is 12.8. The average molecular weight is 954 g/mol. The van der Waals surface area contributed by atoms with E-state index < -0.39 is 0 Å². The molecule has 0 bridgehead atoms. The Morgan fingerprint density at radius 1 is 0.293 bits per heavy atom. The van der Waals surface area contributed by atoms with Gasteiger partial charge in [-0.05, 0) is 66.7 Å². The van der Waals surface area contributed by atoms with E-state index in [0.717, 1.165) is 120 Å². The highest BCUT2D eigenvalue weighted by Gasteiger charge is 2.35. The van der Waals surface area contributed by atoms with Crippen LogP contribution in [0.3, 0.4) is 0 Å². The predicted molar refractivity (Wildman–Crippen MR) is 309 cm³/mol. The third-order valence-corrected chi connectivity index (χ3v) is 15.7. The van der Waals surface area contributed by atoms with Gasteiger partial charge in [0.2, 0.25) is 5.69 Å². The molecule has 0 fully saturated rings. The molecule has 0 amide bonds. The van der Waals surface area contributed by atoms with E-state index in [-0.39, 0.29) is 0 Å². The number of nitriles is 1. The number of para-hydroxylation sites is 9. The fourth-order valence-electron chi connectivity index (χ4n) is 12.8. The van der Waals surface area contributed by atoms with E-state index in [1.807, 2.05) is 0 Å². The van der Waals surface area contributed by atoms with E-state index in [4.69, 9.17) is 4.85 Å². The number of rotatable bonds is 5. The van der Waals surface area contributed by atoms with Crippen molar-refractivity contribution in [3.05, 3.63) is 254 Å². The summed E-state index contributed by atoms with van der Waals surface area (Å²) in [7, 11) is 0. The first-order chi connectivity index (χ1) is 37.2. The van der Waals surface area contributed by atoms with Gasteiger partial charge < -0.3 is 22.8 Å². The van der Waals surface area contributed by atoms with Crippen LogP contribution in [-0.2, 0) is 0 Å². The number of hydrogen-bond donors (Lipinski definition) is 0. The van der Waals surface area contributed by atoms with Crippen LogP contribution >= 0.6 is 0 Å². The van der Waals surface area contributed by atoms with Crippen molar-refractivity contribution < 1.29 is 0 Å². The second kappa shape index (κ2) is 15.5. The van der Waals surface area contributed by atoms with Crippen LogP contribution in [0.2, 0.25) is 0 Å². The number of nitrogens with zero attached hydrogens (tertiary/aromatic N) is 7. The van der Waals surface area contributed by atoms with Gasteiger partial charge in [0.25, 0.3) is 0 Å². The van der Waals surface area contributed by atoms with Crippen molar-refractivity contribution >= 4 is 115 Å². The predicted octanol–water partition coefficient (Wildman–Crippen LogP) is 17.6. The molecule has 0 saturated carbocycles. The highest BCUT2D eigenvalue weighted by atomic mass is 15.1. The molecule has 0 saturated heterocycles. The Hall–Kier alpha value is -10.6. The normalized spacial score (nSPS) is 12.0. The monoisotopic (exact) mass is 953 g/mol. The SMILES string of the molecule is [C-]#[N+]c1c(-n2c3ccccc3c3ccccc32)c(-n2c3ccccc3c3ccccc32)c(-n2c3ccccc3c3ccccc32)c(C#N)c1-n1c2ccccc2c2ccc3c(c4ccccc4n3-c3ccccc3)c21. The van der Waals surface area contributed by atoms with Gasteiger partial charge in [0.1, 0.15) is 6.07 Å². The maximum Gasteiger partial charge on any atom is 0.237 e. The molecule has 0 radical (unpaired) electrons. The lowest BCUT2D eigenvalue weighted by Crippen LogP contribution is -2.14. The van der Waals surface area contributed by atoms with Crippen LogP contribution in [0, 0.1) is 17.9 Å². The molecule has 7 heteroatoms. The highest BCUT2D eigenvalue weighted by Crippen LogP contribution is 2.53. The number of hydrogen-bond acceptors (Lipinski definition) is 1. The molecule has 0 aliphatic carbocycles. The van der Waals surface area contributed by atoms with Crippen molar-refractivity contribution in [1.82, 2.24) is 22.8 Å². The Morgan fingerprint density at radius 2 is 0.640 bits per heavy atom. The molecule has 5 heterocycles. The van der Waals surface area contributed by atoms with Crippen LogP contribution in [-0.4, -0.2) is 22.8 Å². The van der Waals surface area contributed by atoms with Crippen LogP contribution in [0.1, 0.15) is 5.56 Å². The van der Waals surface area contributed by atoms with Gasteiger partial charge in [-0.15, -0.1) is 0 Å². The summed E-state index contributed by atoms with van der Waals surface area (Å²) in [4.78, 5) is 4.82. The largest absolute Gasteiger partial charge is 0.317 e. The minimum atomic E-state index is 0.353. The molecular formula is C68H39N7. The van der Waals surface area contributed by atoms with Gasteiger partial charge >= 0.3 is 0 Å². The summed E-state index contributed by atoms with van der Waals surface area (Å²) in [6.07, 6.45) is 0. The van der Waals surface area contributed by atoms with Gasteiger partial charge in [-0.3, -0.25) is 0 Å².